The quantitative estimate of drug-likeness (QED) is 0.635. The zero-order valence-electron chi connectivity index (χ0n) is 12.6. The molecule has 0 fully saturated rings. The zero-order valence-corrected chi connectivity index (χ0v) is 13.5. The second-order valence-corrected chi connectivity index (χ2v) is 5.71. The molecular formula is C16H15N3O4S. The number of aliphatic hydroxyl groups excluding tert-OH is 1. The number of rotatable bonds is 7. The summed E-state index contributed by atoms with van der Waals surface area (Å²) in [5.74, 6) is 0.195. The Bertz CT molecular complexity index is 801. The Labute approximate surface area is 141 Å². The molecular weight excluding hydrogens is 330 g/mol. The van der Waals surface area contributed by atoms with Gasteiger partial charge in [0.25, 0.3) is 5.89 Å². The summed E-state index contributed by atoms with van der Waals surface area (Å²) < 4.78 is 10.3. The lowest BCUT2D eigenvalue weighted by molar-refractivity contribution is 0.0431. The van der Waals surface area contributed by atoms with E-state index in [1.807, 2.05) is 17.5 Å². The largest absolute Gasteiger partial charge is 0.452 e. The van der Waals surface area contributed by atoms with Crippen molar-refractivity contribution in [3.8, 4) is 10.7 Å². The number of thiophene rings is 1. The van der Waals surface area contributed by atoms with E-state index in [2.05, 4.69) is 15.5 Å². The summed E-state index contributed by atoms with van der Waals surface area (Å²) in [6, 6.07) is 10.7. The number of carbonyl (C=O) groups excluding carboxylic acids is 1. The lowest BCUT2D eigenvalue weighted by Crippen LogP contribution is -2.12. The summed E-state index contributed by atoms with van der Waals surface area (Å²) in [7, 11) is 0. The Balaban J connectivity index is 1.64. The van der Waals surface area contributed by atoms with Crippen LogP contribution in [0.15, 0.2) is 46.3 Å². The average Bonchev–Trinajstić information content (AvgIpc) is 3.29. The Morgan fingerprint density at radius 2 is 2.17 bits per heavy atom. The predicted molar refractivity (Wildman–Crippen MR) is 88.7 cm³/mol. The Morgan fingerprint density at radius 1 is 1.29 bits per heavy atom. The van der Waals surface area contributed by atoms with Crippen molar-refractivity contribution in [1.82, 2.24) is 10.1 Å². The normalized spacial score (nSPS) is 10.5. The third-order valence-corrected chi connectivity index (χ3v) is 3.98. The first kappa shape index (κ1) is 16.2. The smallest absolute Gasteiger partial charge is 0.340 e. The SMILES string of the molecule is O=C(OCc1nc(-c2cccs2)no1)c1ccccc1NCCO. The van der Waals surface area contributed by atoms with Crippen LogP contribution in [-0.4, -0.2) is 34.4 Å². The Hall–Kier alpha value is -2.71. The third kappa shape index (κ3) is 3.79. The fraction of sp³-hybridized carbons (Fsp3) is 0.188. The van der Waals surface area contributed by atoms with Gasteiger partial charge in [0, 0.05) is 12.2 Å². The average molecular weight is 345 g/mol. The van der Waals surface area contributed by atoms with Crippen LogP contribution in [0.4, 0.5) is 5.69 Å². The highest BCUT2D eigenvalue weighted by molar-refractivity contribution is 7.13. The molecule has 0 amide bonds. The monoisotopic (exact) mass is 345 g/mol. The highest BCUT2D eigenvalue weighted by Crippen LogP contribution is 2.22. The predicted octanol–water partition coefficient (Wildman–Crippen LogP) is 2.56. The summed E-state index contributed by atoms with van der Waals surface area (Å²) in [6.45, 7) is 0.209. The van der Waals surface area contributed by atoms with Crippen LogP contribution >= 0.6 is 11.3 Å². The van der Waals surface area contributed by atoms with Crippen molar-refractivity contribution in [3.63, 3.8) is 0 Å². The van der Waals surface area contributed by atoms with Crippen LogP contribution in [0.1, 0.15) is 16.2 Å². The van der Waals surface area contributed by atoms with Crippen LogP contribution in [0, 0.1) is 0 Å². The van der Waals surface area contributed by atoms with Crippen molar-refractivity contribution in [2.24, 2.45) is 0 Å². The van der Waals surface area contributed by atoms with E-state index in [4.69, 9.17) is 14.4 Å². The molecule has 3 aromatic rings. The van der Waals surface area contributed by atoms with Gasteiger partial charge < -0.3 is 19.7 Å². The van der Waals surface area contributed by atoms with Gasteiger partial charge in [-0.25, -0.2) is 4.79 Å². The minimum atomic E-state index is -0.507. The van der Waals surface area contributed by atoms with Crippen molar-refractivity contribution >= 4 is 23.0 Å². The van der Waals surface area contributed by atoms with Crippen LogP contribution in [0.2, 0.25) is 0 Å². The van der Waals surface area contributed by atoms with Gasteiger partial charge in [-0.1, -0.05) is 23.4 Å². The molecule has 24 heavy (non-hydrogen) atoms. The number of aliphatic hydroxyl groups is 1. The first-order valence-corrected chi connectivity index (χ1v) is 8.13. The molecule has 0 bridgehead atoms. The molecule has 1 aromatic carbocycles. The number of para-hydroxylation sites is 1. The number of anilines is 1. The molecule has 0 spiro atoms. The number of hydrogen-bond acceptors (Lipinski definition) is 8. The van der Waals surface area contributed by atoms with Crippen molar-refractivity contribution in [3.05, 3.63) is 53.2 Å². The van der Waals surface area contributed by atoms with Gasteiger partial charge in [-0.05, 0) is 23.6 Å². The van der Waals surface area contributed by atoms with Crippen molar-refractivity contribution in [1.29, 1.82) is 0 Å². The van der Waals surface area contributed by atoms with Gasteiger partial charge in [-0.2, -0.15) is 4.98 Å². The topological polar surface area (TPSA) is 97.5 Å². The van der Waals surface area contributed by atoms with E-state index in [0.717, 1.165) is 4.88 Å². The van der Waals surface area contributed by atoms with Gasteiger partial charge in [0.2, 0.25) is 5.82 Å². The summed E-state index contributed by atoms with van der Waals surface area (Å²) in [4.78, 5) is 17.3. The highest BCUT2D eigenvalue weighted by Gasteiger charge is 2.15. The lowest BCUT2D eigenvalue weighted by Gasteiger charge is -2.09. The number of benzene rings is 1. The van der Waals surface area contributed by atoms with Gasteiger partial charge in [0.05, 0.1) is 17.0 Å². The Kier molecular flexibility index (Phi) is 5.19. The molecule has 0 saturated heterocycles. The summed E-state index contributed by atoms with van der Waals surface area (Å²) in [5.41, 5.74) is 0.977. The van der Waals surface area contributed by atoms with Crippen molar-refractivity contribution in [2.75, 3.05) is 18.5 Å². The molecule has 0 aliphatic rings. The summed E-state index contributed by atoms with van der Waals surface area (Å²) in [5, 5.41) is 17.6. The minimum absolute atomic E-state index is 0.0309. The molecule has 124 valence electrons. The Morgan fingerprint density at radius 3 is 2.96 bits per heavy atom. The molecule has 2 aromatic heterocycles. The molecule has 2 N–H and O–H groups in total. The van der Waals surface area contributed by atoms with E-state index in [-0.39, 0.29) is 19.1 Å². The highest BCUT2D eigenvalue weighted by atomic mass is 32.1. The lowest BCUT2D eigenvalue weighted by atomic mass is 10.2. The van der Waals surface area contributed by atoms with Crippen LogP contribution in [0.25, 0.3) is 10.7 Å². The van der Waals surface area contributed by atoms with E-state index < -0.39 is 5.97 Å². The van der Waals surface area contributed by atoms with E-state index in [9.17, 15) is 4.79 Å². The zero-order chi connectivity index (χ0) is 16.8. The molecule has 3 rings (SSSR count). The summed E-state index contributed by atoms with van der Waals surface area (Å²) in [6.07, 6.45) is 0. The number of carbonyl (C=O) groups is 1. The third-order valence-electron chi connectivity index (χ3n) is 3.11. The minimum Gasteiger partial charge on any atom is -0.452 e. The van der Waals surface area contributed by atoms with Crippen LogP contribution in [-0.2, 0) is 11.3 Å². The summed E-state index contributed by atoms with van der Waals surface area (Å²) >= 11 is 1.50. The molecule has 0 unspecified atom stereocenters. The van der Waals surface area contributed by atoms with Crippen LogP contribution in [0.3, 0.4) is 0 Å². The molecule has 0 saturated carbocycles. The first-order valence-electron chi connectivity index (χ1n) is 7.25. The number of ether oxygens (including phenoxy) is 1. The van der Waals surface area contributed by atoms with Crippen molar-refractivity contribution in [2.45, 2.75) is 6.61 Å². The maximum Gasteiger partial charge on any atom is 0.340 e. The van der Waals surface area contributed by atoms with Gasteiger partial charge >= 0.3 is 5.97 Å². The first-order chi connectivity index (χ1) is 11.8. The molecule has 8 heteroatoms. The molecule has 0 atom stereocenters. The van der Waals surface area contributed by atoms with Crippen molar-refractivity contribution < 1.29 is 19.2 Å². The molecule has 7 nitrogen and oxygen atoms in total. The van der Waals surface area contributed by atoms with E-state index in [1.54, 1.807) is 24.3 Å². The second kappa shape index (κ2) is 7.71. The van der Waals surface area contributed by atoms with Crippen LogP contribution < -0.4 is 5.32 Å². The van der Waals surface area contributed by atoms with Crippen LogP contribution in [0.5, 0.6) is 0 Å². The molecule has 0 aliphatic carbocycles. The van der Waals surface area contributed by atoms with E-state index in [0.29, 0.717) is 23.6 Å². The number of aromatic nitrogens is 2. The van der Waals surface area contributed by atoms with E-state index in [1.165, 1.54) is 11.3 Å². The maximum absolute atomic E-state index is 12.2. The van der Waals surface area contributed by atoms with Gasteiger partial charge in [-0.3, -0.25) is 0 Å². The molecule has 0 aliphatic heterocycles. The second-order valence-electron chi connectivity index (χ2n) is 4.76. The maximum atomic E-state index is 12.2. The fourth-order valence-corrected chi connectivity index (χ4v) is 2.68. The fourth-order valence-electron chi connectivity index (χ4n) is 2.03. The van der Waals surface area contributed by atoms with Gasteiger partial charge in [0.15, 0.2) is 6.61 Å². The molecule has 2 heterocycles. The number of esters is 1. The number of hydrogen-bond donors (Lipinski definition) is 2. The van der Waals surface area contributed by atoms with Gasteiger partial charge in [-0.15, -0.1) is 11.3 Å². The molecule has 0 radical (unpaired) electrons. The number of nitrogens with zero attached hydrogens (tertiary/aromatic N) is 2. The standard InChI is InChI=1S/C16H15N3O4S/c20-8-7-17-12-5-2-1-4-11(12)16(21)22-10-14-18-15(19-23-14)13-6-3-9-24-13/h1-6,9,17,20H,7-8,10H2. The van der Waals surface area contributed by atoms with E-state index >= 15 is 0 Å². The number of nitrogens with one attached hydrogen (secondary N) is 1. The van der Waals surface area contributed by atoms with Gasteiger partial charge in [0.1, 0.15) is 0 Å².